The third-order valence-corrected chi connectivity index (χ3v) is 13.4. The van der Waals surface area contributed by atoms with Gasteiger partial charge in [-0.15, -0.1) is 0 Å². The van der Waals surface area contributed by atoms with Gasteiger partial charge in [-0.05, 0) is 60.0 Å². The normalized spacial score (nSPS) is 21.0. The summed E-state index contributed by atoms with van der Waals surface area (Å²) in [6.45, 7) is 4.97. The van der Waals surface area contributed by atoms with E-state index in [0.717, 1.165) is 16.7 Å². The predicted octanol–water partition coefficient (Wildman–Crippen LogP) is 7.93. The molecule has 15 nitrogen and oxygen atoms in total. The molecule has 1 aromatic heterocycles. The van der Waals surface area contributed by atoms with Crippen molar-refractivity contribution in [2.24, 2.45) is 5.41 Å². The summed E-state index contributed by atoms with van der Waals surface area (Å²) in [6.07, 6.45) is -2.11. The molecular weight excluding hydrogens is 802 g/mol. The summed E-state index contributed by atoms with van der Waals surface area (Å²) >= 11 is 0. The minimum atomic E-state index is -4.93. The lowest BCUT2D eigenvalue weighted by Crippen LogP contribution is -2.38. The Morgan fingerprint density at radius 1 is 0.814 bits per heavy atom. The summed E-state index contributed by atoms with van der Waals surface area (Å²) in [5, 5.41) is 0. The molecule has 7 rings (SSSR count). The van der Waals surface area contributed by atoms with Crippen LogP contribution in [0, 0.1) is 12.3 Å². The molecule has 0 spiro atoms. The molecule has 4 aromatic carbocycles. The molecule has 2 aliphatic rings. The van der Waals surface area contributed by atoms with Gasteiger partial charge in [-0.1, -0.05) is 86.6 Å². The maximum absolute atomic E-state index is 14.9. The second-order valence-electron chi connectivity index (χ2n) is 14.9. The number of aromatic nitrogens is 2. The number of benzene rings is 4. The van der Waals surface area contributed by atoms with Crippen molar-refractivity contribution < 1.29 is 50.5 Å². The minimum absolute atomic E-state index is 0.0204. The number of ether oxygens (including phenoxy) is 4. The number of aromatic amines is 1. The summed E-state index contributed by atoms with van der Waals surface area (Å²) in [6, 6.07) is 32.5. The van der Waals surface area contributed by atoms with Gasteiger partial charge in [-0.2, -0.15) is 4.31 Å². The monoisotopic (exact) mass is 848 g/mol. The van der Waals surface area contributed by atoms with Crippen LogP contribution in [-0.4, -0.2) is 55.8 Å². The Bertz CT molecular complexity index is 2360. The average Bonchev–Trinajstić information content (AvgIpc) is 3.63. The number of methoxy groups -OCH3 is 2. The SMILES string of the molecule is COc1ccc(C(OC[C@H]2O[C@@H](n3cc(C)c(=O)[nH]c3=O)C[C@@H]2OP(=O)(Oc2ccccc2)OP2(=O)OCC(C)(C)CO2)(c2ccccc2)c2ccc(OC)cc2)cc1. The number of para-hydroxylation sites is 1. The number of aryl methyl sites for hydroxylation is 1. The zero-order valence-corrected chi connectivity index (χ0v) is 35.0. The predicted molar refractivity (Wildman–Crippen MR) is 217 cm³/mol. The largest absolute Gasteiger partial charge is 0.539 e. The van der Waals surface area contributed by atoms with Crippen LogP contribution in [0.2, 0.25) is 0 Å². The van der Waals surface area contributed by atoms with E-state index in [1.807, 2.05) is 92.7 Å². The van der Waals surface area contributed by atoms with Gasteiger partial charge < -0.3 is 23.5 Å². The molecule has 4 atom stereocenters. The highest BCUT2D eigenvalue weighted by atomic mass is 31.3. The van der Waals surface area contributed by atoms with Crippen LogP contribution in [0.4, 0.5) is 0 Å². The van der Waals surface area contributed by atoms with Gasteiger partial charge in [0.25, 0.3) is 5.56 Å². The highest BCUT2D eigenvalue weighted by Crippen LogP contribution is 2.68. The fourth-order valence-corrected chi connectivity index (χ4v) is 10.5. The molecule has 17 heteroatoms. The van der Waals surface area contributed by atoms with Crippen LogP contribution in [-0.2, 0) is 42.1 Å². The number of phosphoric acid groups is 2. The highest BCUT2D eigenvalue weighted by molar-refractivity contribution is 7.62. The topological polar surface area (TPSA) is 172 Å². The van der Waals surface area contributed by atoms with E-state index in [1.165, 1.54) is 22.9 Å². The number of H-pyrrole nitrogens is 1. The maximum Gasteiger partial charge on any atom is 0.539 e. The molecule has 3 heterocycles. The zero-order valence-electron chi connectivity index (χ0n) is 33.2. The molecule has 1 unspecified atom stereocenters. The van der Waals surface area contributed by atoms with Crippen LogP contribution in [0.1, 0.15) is 48.8 Å². The van der Waals surface area contributed by atoms with Gasteiger partial charge in [0.15, 0.2) is 0 Å². The van der Waals surface area contributed by atoms with Gasteiger partial charge in [-0.3, -0.25) is 27.9 Å². The van der Waals surface area contributed by atoms with Crippen molar-refractivity contribution in [3.63, 3.8) is 0 Å². The first-order valence-electron chi connectivity index (χ1n) is 18.8. The highest BCUT2D eigenvalue weighted by Gasteiger charge is 2.51. The van der Waals surface area contributed by atoms with E-state index < -0.39 is 56.3 Å². The van der Waals surface area contributed by atoms with E-state index in [4.69, 9.17) is 41.4 Å². The van der Waals surface area contributed by atoms with Crippen LogP contribution < -0.4 is 25.2 Å². The lowest BCUT2D eigenvalue weighted by atomic mass is 9.80. The molecule has 0 radical (unpaired) electrons. The fourth-order valence-electron chi connectivity index (χ4n) is 6.80. The Morgan fingerprint density at radius 2 is 1.36 bits per heavy atom. The summed E-state index contributed by atoms with van der Waals surface area (Å²) in [4.78, 5) is 27.9. The second-order valence-corrected chi connectivity index (χ2v) is 18.2. The van der Waals surface area contributed by atoms with E-state index in [0.29, 0.717) is 11.5 Å². The molecular formula is C42H46N2O13P2. The van der Waals surface area contributed by atoms with Crippen molar-refractivity contribution in [3.05, 3.63) is 158 Å². The molecule has 5 aromatic rings. The quantitative estimate of drug-likeness (QED) is 0.0796. The number of hydrogen-bond donors (Lipinski definition) is 1. The summed E-state index contributed by atoms with van der Waals surface area (Å²) in [7, 11) is -6.27. The van der Waals surface area contributed by atoms with E-state index in [1.54, 1.807) is 39.3 Å². The molecule has 312 valence electrons. The molecule has 2 fully saturated rings. The van der Waals surface area contributed by atoms with Crippen molar-refractivity contribution in [3.8, 4) is 17.2 Å². The van der Waals surface area contributed by atoms with Gasteiger partial charge in [0, 0.05) is 23.6 Å². The molecule has 0 saturated carbocycles. The second kappa shape index (κ2) is 17.4. The lowest BCUT2D eigenvalue weighted by Gasteiger charge is -2.37. The van der Waals surface area contributed by atoms with Crippen LogP contribution in [0.5, 0.6) is 17.2 Å². The zero-order chi connectivity index (χ0) is 41.8. The van der Waals surface area contributed by atoms with Crippen molar-refractivity contribution in [2.75, 3.05) is 34.0 Å². The Kier molecular flexibility index (Phi) is 12.5. The van der Waals surface area contributed by atoms with Crippen molar-refractivity contribution >= 4 is 15.6 Å². The Labute approximate surface area is 341 Å². The molecule has 59 heavy (non-hydrogen) atoms. The Hall–Kier alpha value is -4.82. The van der Waals surface area contributed by atoms with Crippen molar-refractivity contribution in [1.29, 1.82) is 0 Å². The summed E-state index contributed by atoms with van der Waals surface area (Å²) in [5.74, 6) is 1.34. The van der Waals surface area contributed by atoms with Gasteiger partial charge in [0.1, 0.15) is 41.3 Å². The standard InChI is InChI=1S/C42H46N2O13P2/c1-29-25-44(40(46)43-39(29)45)38-24-36(56-59(48,55-35-14-10-7-11-15-35)57-58(47)52-27-41(2,3)28-53-58)37(54-38)26-51-42(30-12-8-6-9-13-30,31-16-20-33(49-4)21-17-31)32-18-22-34(50-5)23-19-32/h6-23,25,36-38H,24,26-28H2,1-5H3,(H,43,45,46)/t36-,37+,38+,59?/m0/s1. The number of hydrogen-bond acceptors (Lipinski definition) is 13. The maximum atomic E-state index is 14.9. The van der Waals surface area contributed by atoms with E-state index in [-0.39, 0.29) is 37.6 Å². The van der Waals surface area contributed by atoms with Crippen LogP contribution in [0.3, 0.4) is 0 Å². The number of nitrogens with one attached hydrogen (secondary N) is 1. The third-order valence-electron chi connectivity index (χ3n) is 9.93. The molecule has 0 amide bonds. The number of nitrogens with zero attached hydrogens (tertiary/aromatic N) is 1. The molecule has 2 saturated heterocycles. The Balaban J connectivity index is 1.31. The minimum Gasteiger partial charge on any atom is -0.497 e. The smallest absolute Gasteiger partial charge is 0.497 e. The van der Waals surface area contributed by atoms with Gasteiger partial charge >= 0.3 is 21.3 Å². The molecule has 1 N–H and O–H groups in total. The van der Waals surface area contributed by atoms with Crippen LogP contribution >= 0.6 is 15.6 Å². The number of phosphoric ester groups is 2. The van der Waals surface area contributed by atoms with Crippen LogP contribution in [0.25, 0.3) is 0 Å². The van der Waals surface area contributed by atoms with E-state index in [9.17, 15) is 18.7 Å². The van der Waals surface area contributed by atoms with Gasteiger partial charge in [-0.25, -0.2) is 13.9 Å². The molecule has 2 aliphatic heterocycles. The average molecular weight is 849 g/mol. The summed E-state index contributed by atoms with van der Waals surface area (Å²) < 4.78 is 83.5. The first kappa shape index (κ1) is 42.3. The first-order valence-corrected chi connectivity index (χ1v) is 21.8. The fraction of sp³-hybridized carbons (Fsp3) is 0.333. The third kappa shape index (κ3) is 9.49. The van der Waals surface area contributed by atoms with Gasteiger partial charge in [0.2, 0.25) is 0 Å². The van der Waals surface area contributed by atoms with Crippen LogP contribution in [0.15, 0.2) is 125 Å². The first-order chi connectivity index (χ1) is 28.2. The van der Waals surface area contributed by atoms with E-state index in [2.05, 4.69) is 4.98 Å². The Morgan fingerprint density at radius 3 is 1.92 bits per heavy atom. The molecule has 0 aliphatic carbocycles. The van der Waals surface area contributed by atoms with Gasteiger partial charge in [0.05, 0.1) is 34.0 Å². The number of rotatable bonds is 15. The van der Waals surface area contributed by atoms with E-state index >= 15 is 0 Å². The van der Waals surface area contributed by atoms with Crippen molar-refractivity contribution in [2.45, 2.75) is 51.2 Å². The van der Waals surface area contributed by atoms with Crippen molar-refractivity contribution in [1.82, 2.24) is 9.55 Å². The molecule has 0 bridgehead atoms. The lowest BCUT2D eigenvalue weighted by molar-refractivity contribution is -0.0934. The summed E-state index contributed by atoms with van der Waals surface area (Å²) in [5.41, 5.74) is -0.649.